The summed E-state index contributed by atoms with van der Waals surface area (Å²) >= 11 is 1.24. The molecule has 2 amide bonds. The topological polar surface area (TPSA) is 84.2 Å². The lowest BCUT2D eigenvalue weighted by atomic mass is 10.3. The average molecular weight is 313 g/mol. The molecule has 1 aromatic carbocycles. The molecule has 7 heteroatoms. The van der Waals surface area contributed by atoms with Crippen molar-refractivity contribution < 1.29 is 14.0 Å². The van der Waals surface area contributed by atoms with E-state index in [1.165, 1.54) is 36.0 Å². The van der Waals surface area contributed by atoms with Gasteiger partial charge in [-0.05, 0) is 44.2 Å². The van der Waals surface area contributed by atoms with Crippen LogP contribution in [0.3, 0.4) is 0 Å². The fraction of sp³-hybridized carbons (Fsp3) is 0.429. The fourth-order valence-electron chi connectivity index (χ4n) is 1.46. The van der Waals surface area contributed by atoms with Gasteiger partial charge in [0.25, 0.3) is 0 Å². The Hall–Kier alpha value is -1.60. The Morgan fingerprint density at radius 2 is 2.00 bits per heavy atom. The van der Waals surface area contributed by atoms with E-state index in [-0.39, 0.29) is 28.6 Å². The van der Waals surface area contributed by atoms with E-state index in [2.05, 4.69) is 10.6 Å². The van der Waals surface area contributed by atoms with Crippen LogP contribution in [0.25, 0.3) is 0 Å². The van der Waals surface area contributed by atoms with Gasteiger partial charge >= 0.3 is 0 Å². The molecule has 1 atom stereocenters. The molecule has 0 bridgehead atoms. The minimum atomic E-state index is -0.356. The van der Waals surface area contributed by atoms with E-state index in [1.807, 2.05) is 0 Å². The number of carbonyl (C=O) groups excluding carboxylic acids is 2. The minimum absolute atomic E-state index is 0.108. The number of anilines is 1. The van der Waals surface area contributed by atoms with Crippen LogP contribution in [-0.4, -0.2) is 35.9 Å². The van der Waals surface area contributed by atoms with E-state index in [9.17, 15) is 14.0 Å². The summed E-state index contributed by atoms with van der Waals surface area (Å²) in [5.74, 6) is -0.538. The maximum atomic E-state index is 12.7. The molecule has 4 N–H and O–H groups in total. The Kier molecular flexibility index (Phi) is 7.78. The lowest BCUT2D eigenvalue weighted by Crippen LogP contribution is -2.33. The van der Waals surface area contributed by atoms with E-state index in [1.54, 1.807) is 6.92 Å². The van der Waals surface area contributed by atoms with Crippen LogP contribution in [0.5, 0.6) is 0 Å². The molecule has 0 heterocycles. The molecule has 0 spiro atoms. The van der Waals surface area contributed by atoms with E-state index >= 15 is 0 Å². The monoisotopic (exact) mass is 313 g/mol. The normalized spacial score (nSPS) is 11.8. The first-order valence-corrected chi connectivity index (χ1v) is 7.72. The van der Waals surface area contributed by atoms with Gasteiger partial charge in [0.2, 0.25) is 11.8 Å². The molecular weight excluding hydrogens is 293 g/mol. The Bertz CT molecular complexity index is 468. The third kappa shape index (κ3) is 7.10. The first-order valence-electron chi connectivity index (χ1n) is 6.67. The minimum Gasteiger partial charge on any atom is -0.355 e. The number of halogens is 1. The summed E-state index contributed by atoms with van der Waals surface area (Å²) in [6.07, 6.45) is 0.730. The van der Waals surface area contributed by atoms with Crippen molar-refractivity contribution >= 4 is 29.3 Å². The standard InChI is InChI=1S/C14H20FN3O2S/c1-10(14(20)17-8-2-7-16)21-9-13(19)18-12-5-3-11(15)4-6-12/h3-6,10H,2,7-9,16H2,1H3,(H,17,20)(H,18,19). The molecule has 0 fully saturated rings. The van der Waals surface area contributed by atoms with Gasteiger partial charge in [0.1, 0.15) is 5.82 Å². The van der Waals surface area contributed by atoms with Gasteiger partial charge in [0.15, 0.2) is 0 Å². The molecule has 1 unspecified atom stereocenters. The van der Waals surface area contributed by atoms with Crippen molar-refractivity contribution in [1.29, 1.82) is 0 Å². The highest BCUT2D eigenvalue weighted by Crippen LogP contribution is 2.13. The third-order valence-corrected chi connectivity index (χ3v) is 3.78. The lowest BCUT2D eigenvalue weighted by molar-refractivity contribution is -0.120. The molecule has 0 aromatic heterocycles. The van der Waals surface area contributed by atoms with Gasteiger partial charge in [-0.15, -0.1) is 11.8 Å². The molecule has 116 valence electrons. The molecule has 0 aliphatic carbocycles. The van der Waals surface area contributed by atoms with Crippen LogP contribution in [0.2, 0.25) is 0 Å². The second-order valence-electron chi connectivity index (χ2n) is 4.44. The highest BCUT2D eigenvalue weighted by molar-refractivity contribution is 8.01. The number of nitrogens with one attached hydrogen (secondary N) is 2. The van der Waals surface area contributed by atoms with Crippen LogP contribution in [-0.2, 0) is 9.59 Å². The molecule has 1 aromatic rings. The molecule has 0 aliphatic heterocycles. The first kappa shape index (κ1) is 17.5. The van der Waals surface area contributed by atoms with E-state index in [4.69, 9.17) is 5.73 Å². The van der Waals surface area contributed by atoms with Gasteiger partial charge in [-0.1, -0.05) is 0 Å². The molecule has 0 saturated carbocycles. The summed E-state index contributed by atoms with van der Waals surface area (Å²) in [6, 6.07) is 5.52. The Morgan fingerprint density at radius 1 is 1.33 bits per heavy atom. The molecule has 1 rings (SSSR count). The number of nitrogens with two attached hydrogens (primary N) is 1. The number of amides is 2. The summed E-state index contributed by atoms with van der Waals surface area (Å²) in [5, 5.41) is 5.07. The molecule has 5 nitrogen and oxygen atoms in total. The van der Waals surface area contributed by atoms with E-state index < -0.39 is 0 Å². The Morgan fingerprint density at radius 3 is 2.62 bits per heavy atom. The number of hydrogen-bond acceptors (Lipinski definition) is 4. The van der Waals surface area contributed by atoms with Crippen LogP contribution in [0.15, 0.2) is 24.3 Å². The number of benzene rings is 1. The highest BCUT2D eigenvalue weighted by Gasteiger charge is 2.14. The van der Waals surface area contributed by atoms with E-state index in [0.29, 0.717) is 18.8 Å². The van der Waals surface area contributed by atoms with Crippen molar-refractivity contribution in [3.63, 3.8) is 0 Å². The van der Waals surface area contributed by atoms with Crippen molar-refractivity contribution in [3.05, 3.63) is 30.1 Å². The second kappa shape index (κ2) is 9.36. The van der Waals surface area contributed by atoms with E-state index in [0.717, 1.165) is 6.42 Å². The fourth-order valence-corrected chi connectivity index (χ4v) is 2.17. The SMILES string of the molecule is CC(SCC(=O)Nc1ccc(F)cc1)C(=O)NCCCN. The van der Waals surface area contributed by atoms with Crippen molar-refractivity contribution in [2.24, 2.45) is 5.73 Å². The highest BCUT2D eigenvalue weighted by atomic mass is 32.2. The summed E-state index contributed by atoms with van der Waals surface area (Å²) in [4.78, 5) is 23.4. The maximum absolute atomic E-state index is 12.7. The number of rotatable bonds is 8. The smallest absolute Gasteiger partial charge is 0.234 e. The van der Waals surface area contributed by atoms with Crippen molar-refractivity contribution in [3.8, 4) is 0 Å². The molecule has 0 radical (unpaired) electrons. The summed E-state index contributed by atoms with van der Waals surface area (Å²) in [7, 11) is 0. The van der Waals surface area contributed by atoms with Crippen molar-refractivity contribution in [2.45, 2.75) is 18.6 Å². The van der Waals surface area contributed by atoms with Gasteiger partial charge in [-0.2, -0.15) is 0 Å². The summed E-state index contributed by atoms with van der Waals surface area (Å²) < 4.78 is 12.7. The average Bonchev–Trinajstić information content (AvgIpc) is 2.47. The lowest BCUT2D eigenvalue weighted by Gasteiger charge is -2.11. The van der Waals surface area contributed by atoms with Gasteiger partial charge in [-0.25, -0.2) is 4.39 Å². The van der Waals surface area contributed by atoms with Gasteiger partial charge in [-0.3, -0.25) is 9.59 Å². The molecule has 0 saturated heterocycles. The summed E-state index contributed by atoms with van der Waals surface area (Å²) in [6.45, 7) is 2.82. The Balaban J connectivity index is 2.28. The van der Waals surface area contributed by atoms with Crippen molar-refractivity contribution in [2.75, 3.05) is 24.2 Å². The number of carbonyl (C=O) groups is 2. The zero-order valence-electron chi connectivity index (χ0n) is 11.9. The summed E-state index contributed by atoms with van der Waals surface area (Å²) in [5.41, 5.74) is 5.87. The zero-order valence-corrected chi connectivity index (χ0v) is 12.7. The maximum Gasteiger partial charge on any atom is 0.234 e. The largest absolute Gasteiger partial charge is 0.355 e. The Labute approximate surface area is 127 Å². The second-order valence-corrected chi connectivity index (χ2v) is 5.77. The third-order valence-electron chi connectivity index (χ3n) is 2.64. The predicted molar refractivity (Wildman–Crippen MR) is 83.6 cm³/mol. The first-order chi connectivity index (χ1) is 10.0. The quantitative estimate of drug-likeness (QED) is 0.633. The number of thioether (sulfide) groups is 1. The molecule has 21 heavy (non-hydrogen) atoms. The van der Waals surface area contributed by atoms with Gasteiger partial charge in [0.05, 0.1) is 11.0 Å². The number of hydrogen-bond donors (Lipinski definition) is 3. The van der Waals surface area contributed by atoms with Crippen LogP contribution in [0.1, 0.15) is 13.3 Å². The zero-order chi connectivity index (χ0) is 15.7. The molecular formula is C14H20FN3O2S. The van der Waals surface area contributed by atoms with Crippen molar-refractivity contribution in [1.82, 2.24) is 5.32 Å². The van der Waals surface area contributed by atoms with Crippen LogP contribution < -0.4 is 16.4 Å². The van der Waals surface area contributed by atoms with Gasteiger partial charge < -0.3 is 16.4 Å². The van der Waals surface area contributed by atoms with Crippen LogP contribution in [0.4, 0.5) is 10.1 Å². The van der Waals surface area contributed by atoms with Crippen LogP contribution in [0, 0.1) is 5.82 Å². The predicted octanol–water partition coefficient (Wildman–Crippen LogP) is 1.35. The van der Waals surface area contributed by atoms with Crippen LogP contribution >= 0.6 is 11.8 Å². The van der Waals surface area contributed by atoms with Gasteiger partial charge in [0, 0.05) is 12.2 Å². The molecule has 0 aliphatic rings.